The summed E-state index contributed by atoms with van der Waals surface area (Å²) in [4.78, 5) is 49.7. The third-order valence-corrected chi connectivity index (χ3v) is 7.61. The highest BCUT2D eigenvalue weighted by Gasteiger charge is 2.25. The van der Waals surface area contributed by atoms with Gasteiger partial charge in [-0.1, -0.05) is 72.8 Å². The zero-order valence-corrected chi connectivity index (χ0v) is 27.2. The average Bonchev–Trinajstić information content (AvgIpc) is 3.09. The molecule has 0 fully saturated rings. The number of carboxylic acid groups (broad SMARTS) is 2. The maximum absolute atomic E-state index is 12.6. The van der Waals surface area contributed by atoms with Gasteiger partial charge in [-0.05, 0) is 78.9 Å². The van der Waals surface area contributed by atoms with Crippen molar-refractivity contribution >= 4 is 35.5 Å². The highest BCUT2D eigenvalue weighted by atomic mass is 16.5. The summed E-state index contributed by atoms with van der Waals surface area (Å²) in [6, 6.07) is 32.5. The number of hydrogen-bond donors (Lipinski definition) is 4. The van der Waals surface area contributed by atoms with E-state index in [1.54, 1.807) is 24.3 Å². The number of carbonyl (C=O) groups is 4. The first-order chi connectivity index (χ1) is 23.8. The SMILES string of the molecule is O=C(O)CCC(=O)NCCCC[C@@H](C(=O)O)N(C/C=C/c1cccc(NC(=O)c2ccccc2)c1)Cc1cccc(Oc2ccccc2)c1. The maximum atomic E-state index is 12.6. The van der Waals surface area contributed by atoms with Crippen LogP contribution in [0.25, 0.3) is 6.08 Å². The number of aliphatic carboxylic acids is 2. The van der Waals surface area contributed by atoms with Gasteiger partial charge in [-0.15, -0.1) is 0 Å². The van der Waals surface area contributed by atoms with Gasteiger partial charge in [0.2, 0.25) is 5.91 Å². The lowest BCUT2D eigenvalue weighted by Crippen LogP contribution is -2.41. The fourth-order valence-electron chi connectivity index (χ4n) is 5.17. The summed E-state index contributed by atoms with van der Waals surface area (Å²) in [5, 5.41) is 24.7. The lowest BCUT2D eigenvalue weighted by molar-refractivity contribution is -0.143. The summed E-state index contributed by atoms with van der Waals surface area (Å²) >= 11 is 0. The van der Waals surface area contributed by atoms with Crippen molar-refractivity contribution < 1.29 is 34.1 Å². The fourth-order valence-corrected chi connectivity index (χ4v) is 5.17. The molecule has 0 heterocycles. The molecule has 1 atom stereocenters. The van der Waals surface area contributed by atoms with Crippen LogP contribution in [-0.2, 0) is 20.9 Å². The zero-order valence-electron chi connectivity index (χ0n) is 27.2. The Labute approximate surface area is 286 Å². The predicted octanol–water partition coefficient (Wildman–Crippen LogP) is 6.85. The summed E-state index contributed by atoms with van der Waals surface area (Å²) in [6.45, 7) is 1.00. The number of unbranched alkanes of at least 4 members (excludes halogenated alkanes) is 1. The van der Waals surface area contributed by atoms with E-state index in [1.165, 1.54) is 0 Å². The Morgan fingerprint density at radius 3 is 2.22 bits per heavy atom. The van der Waals surface area contributed by atoms with Gasteiger partial charge in [-0.3, -0.25) is 24.1 Å². The van der Waals surface area contributed by atoms with E-state index < -0.39 is 18.0 Å². The van der Waals surface area contributed by atoms with Crippen molar-refractivity contribution in [1.82, 2.24) is 10.2 Å². The monoisotopic (exact) mass is 663 g/mol. The topological polar surface area (TPSA) is 145 Å². The first-order valence-corrected chi connectivity index (χ1v) is 16.2. The number of benzene rings is 4. The molecule has 0 radical (unpaired) electrons. The van der Waals surface area contributed by atoms with E-state index in [9.17, 15) is 24.3 Å². The molecule has 4 aromatic rings. The highest BCUT2D eigenvalue weighted by Crippen LogP contribution is 2.24. The van der Waals surface area contributed by atoms with Crippen LogP contribution < -0.4 is 15.4 Å². The molecule has 0 spiro atoms. The number of hydrogen-bond acceptors (Lipinski definition) is 6. The summed E-state index contributed by atoms with van der Waals surface area (Å²) in [7, 11) is 0. The Balaban J connectivity index is 1.44. The van der Waals surface area contributed by atoms with E-state index in [0.717, 1.165) is 11.1 Å². The standard InChI is InChI=1S/C39H41N3O7/c43-36(22-23-37(44)45)40-24-8-7-21-35(39(47)48)42(28-30-13-10-20-34(27-30)49-33-18-5-2-6-19-33)25-11-14-29-12-9-17-32(26-29)41-38(46)31-15-3-1-4-16-31/h1-6,9-20,26-27,35H,7-8,21-25,28H2,(H,40,43)(H,41,46)(H,44,45)(H,47,48)/b14-11+/t35-/m0/s1. The molecule has 0 saturated heterocycles. The molecule has 0 aliphatic carbocycles. The van der Waals surface area contributed by atoms with Crippen LogP contribution in [0.1, 0.15) is 53.6 Å². The first kappa shape index (κ1) is 36.1. The van der Waals surface area contributed by atoms with Gasteiger partial charge < -0.3 is 25.6 Å². The molecule has 49 heavy (non-hydrogen) atoms. The van der Waals surface area contributed by atoms with Crippen LogP contribution in [0.2, 0.25) is 0 Å². The quantitative estimate of drug-likeness (QED) is 0.0798. The van der Waals surface area contributed by atoms with Crippen molar-refractivity contribution in [2.45, 2.75) is 44.7 Å². The van der Waals surface area contributed by atoms with Gasteiger partial charge in [0.05, 0.1) is 6.42 Å². The highest BCUT2D eigenvalue weighted by molar-refractivity contribution is 6.04. The molecule has 4 N–H and O–H groups in total. The number of carboxylic acids is 2. The predicted molar refractivity (Wildman–Crippen MR) is 188 cm³/mol. The van der Waals surface area contributed by atoms with Crippen molar-refractivity contribution in [3.63, 3.8) is 0 Å². The van der Waals surface area contributed by atoms with Crippen LogP contribution in [0.5, 0.6) is 11.5 Å². The summed E-state index contributed by atoms with van der Waals surface area (Å²) < 4.78 is 6.01. The van der Waals surface area contributed by atoms with Gasteiger partial charge in [0.15, 0.2) is 0 Å². The van der Waals surface area contributed by atoms with E-state index in [2.05, 4.69) is 10.6 Å². The summed E-state index contributed by atoms with van der Waals surface area (Å²) in [6.07, 6.45) is 4.90. The molecule has 2 amide bonds. The Kier molecular flexibility index (Phi) is 14.1. The molecule has 0 bridgehead atoms. The molecule has 10 heteroatoms. The van der Waals surface area contributed by atoms with Crippen LogP contribution >= 0.6 is 0 Å². The third-order valence-electron chi connectivity index (χ3n) is 7.61. The zero-order chi connectivity index (χ0) is 34.8. The van der Waals surface area contributed by atoms with E-state index in [4.69, 9.17) is 9.84 Å². The molecule has 0 aromatic heterocycles. The molecule has 10 nitrogen and oxygen atoms in total. The number of nitrogens with zero attached hydrogens (tertiary/aromatic N) is 1. The second-order valence-corrected chi connectivity index (χ2v) is 11.4. The first-order valence-electron chi connectivity index (χ1n) is 16.2. The second-order valence-electron chi connectivity index (χ2n) is 11.4. The largest absolute Gasteiger partial charge is 0.481 e. The van der Waals surface area contributed by atoms with Crippen LogP contribution in [0.4, 0.5) is 5.69 Å². The van der Waals surface area contributed by atoms with Gasteiger partial charge >= 0.3 is 11.9 Å². The number of carbonyl (C=O) groups excluding carboxylic acids is 2. The van der Waals surface area contributed by atoms with Gasteiger partial charge in [-0.2, -0.15) is 0 Å². The smallest absolute Gasteiger partial charge is 0.320 e. The molecular formula is C39H41N3O7. The molecule has 0 aliphatic rings. The minimum absolute atomic E-state index is 0.0947. The van der Waals surface area contributed by atoms with Gasteiger partial charge in [0.1, 0.15) is 17.5 Å². The fraction of sp³-hybridized carbons (Fsp3) is 0.231. The minimum atomic E-state index is -1.03. The second kappa shape index (κ2) is 19.2. The van der Waals surface area contributed by atoms with Gasteiger partial charge in [-0.25, -0.2) is 0 Å². The van der Waals surface area contributed by atoms with Gasteiger partial charge in [0.25, 0.3) is 5.91 Å². The van der Waals surface area contributed by atoms with Crippen LogP contribution in [0.3, 0.4) is 0 Å². The summed E-state index contributed by atoms with van der Waals surface area (Å²) in [5.41, 5.74) is 2.91. The van der Waals surface area contributed by atoms with Crippen molar-refractivity contribution in [2.75, 3.05) is 18.4 Å². The van der Waals surface area contributed by atoms with E-state index in [0.29, 0.717) is 61.6 Å². The minimum Gasteiger partial charge on any atom is -0.481 e. The maximum Gasteiger partial charge on any atom is 0.320 e. The van der Waals surface area contributed by atoms with Crippen molar-refractivity contribution in [3.8, 4) is 11.5 Å². The number of para-hydroxylation sites is 1. The number of rotatable bonds is 19. The van der Waals surface area contributed by atoms with Crippen LogP contribution in [0.15, 0.2) is 115 Å². The Morgan fingerprint density at radius 1 is 0.776 bits per heavy atom. The molecule has 4 aromatic carbocycles. The van der Waals surface area contributed by atoms with E-state index in [1.807, 2.05) is 102 Å². The lowest BCUT2D eigenvalue weighted by atomic mass is 10.1. The van der Waals surface area contributed by atoms with Crippen molar-refractivity contribution in [2.24, 2.45) is 0 Å². The average molecular weight is 664 g/mol. The Morgan fingerprint density at radius 2 is 1.49 bits per heavy atom. The van der Waals surface area contributed by atoms with Crippen LogP contribution in [-0.4, -0.2) is 58.0 Å². The Bertz CT molecular complexity index is 1710. The molecule has 4 rings (SSSR count). The Hall–Kier alpha value is -5.74. The number of nitrogens with one attached hydrogen (secondary N) is 2. The number of amides is 2. The van der Waals surface area contributed by atoms with E-state index in [-0.39, 0.29) is 24.7 Å². The number of anilines is 1. The van der Waals surface area contributed by atoms with Crippen LogP contribution in [0, 0.1) is 0 Å². The number of ether oxygens (including phenoxy) is 1. The van der Waals surface area contributed by atoms with Gasteiger partial charge in [0, 0.05) is 37.3 Å². The lowest BCUT2D eigenvalue weighted by Gasteiger charge is -2.28. The molecular weight excluding hydrogens is 622 g/mol. The summed E-state index contributed by atoms with van der Waals surface area (Å²) in [5.74, 6) is -1.21. The molecule has 0 aliphatic heterocycles. The normalized spacial score (nSPS) is 11.6. The third kappa shape index (κ3) is 12.8. The van der Waals surface area contributed by atoms with Crippen molar-refractivity contribution in [1.29, 1.82) is 0 Å². The van der Waals surface area contributed by atoms with E-state index >= 15 is 0 Å². The molecule has 0 saturated carbocycles. The van der Waals surface area contributed by atoms with Crippen molar-refractivity contribution in [3.05, 3.63) is 132 Å². The molecule has 254 valence electrons. The molecule has 0 unspecified atom stereocenters.